The van der Waals surface area contributed by atoms with Gasteiger partial charge in [-0.25, -0.2) is 9.79 Å². The number of aromatic nitrogens is 1. The maximum Gasteiger partial charge on any atom is 0.339 e. The molecule has 0 radical (unpaired) electrons. The number of carboxylic acid groups (broad SMARTS) is 2. The van der Waals surface area contributed by atoms with Crippen molar-refractivity contribution in [2.75, 3.05) is 12.8 Å². The van der Waals surface area contributed by atoms with Gasteiger partial charge in [0.05, 0.1) is 18.4 Å². The number of hydrogen-bond acceptors (Lipinski definition) is 8. The van der Waals surface area contributed by atoms with Gasteiger partial charge in [-0.15, -0.1) is 0 Å². The fourth-order valence-corrected chi connectivity index (χ4v) is 2.81. The number of amidine groups is 1. The number of aliphatic carboxylic acids is 1. The largest absolute Gasteiger partial charge is 0.480 e. The van der Waals surface area contributed by atoms with Crippen molar-refractivity contribution >= 4 is 31.3 Å². The SMILES string of the molecule is CC(C)N.CCc1cnc(C2=NC(C)(C(C)C)C(=O)N2)c(C(=O)O)c1.O=C(O)CNCP(=O)(O)O. The highest BCUT2D eigenvalue weighted by Gasteiger charge is 2.43. The molecule has 14 heteroatoms. The van der Waals surface area contributed by atoms with Crippen molar-refractivity contribution in [2.24, 2.45) is 16.6 Å². The van der Waals surface area contributed by atoms with Crippen molar-refractivity contribution in [1.29, 1.82) is 0 Å². The number of carbonyl (C=O) groups excluding carboxylic acids is 1. The first-order valence-corrected chi connectivity index (χ1v) is 12.6. The van der Waals surface area contributed by atoms with E-state index < -0.39 is 37.9 Å². The molecule has 198 valence electrons. The second kappa shape index (κ2) is 14.0. The van der Waals surface area contributed by atoms with Crippen LogP contribution in [-0.4, -0.2) is 73.1 Å². The monoisotopic (exact) mass is 517 g/mol. The van der Waals surface area contributed by atoms with Crippen LogP contribution in [0.15, 0.2) is 17.3 Å². The van der Waals surface area contributed by atoms with Gasteiger partial charge in [0.25, 0.3) is 5.91 Å². The first kappa shape index (κ1) is 32.3. The van der Waals surface area contributed by atoms with Gasteiger partial charge in [0.2, 0.25) is 0 Å². The molecule has 1 atom stereocenters. The third kappa shape index (κ3) is 11.5. The number of aliphatic imine (C=N–C) groups is 1. The molecule has 1 aliphatic heterocycles. The van der Waals surface area contributed by atoms with Crippen molar-refractivity contribution in [2.45, 2.75) is 59.5 Å². The molecular weight excluding hydrogens is 481 g/mol. The summed E-state index contributed by atoms with van der Waals surface area (Å²) in [5.74, 6) is -2.23. The number of nitrogens with one attached hydrogen (secondary N) is 2. The number of carboxylic acids is 2. The molecule has 0 fully saturated rings. The maximum absolute atomic E-state index is 12.1. The van der Waals surface area contributed by atoms with Crippen LogP contribution in [0, 0.1) is 5.92 Å². The van der Waals surface area contributed by atoms with Crippen molar-refractivity contribution in [1.82, 2.24) is 15.6 Å². The zero-order valence-corrected chi connectivity index (χ0v) is 21.7. The van der Waals surface area contributed by atoms with E-state index in [-0.39, 0.29) is 28.9 Å². The molecule has 0 saturated heterocycles. The number of aromatic carboxylic acids is 1. The Kier molecular flexibility index (Phi) is 12.9. The minimum absolute atomic E-state index is 0.00167. The summed E-state index contributed by atoms with van der Waals surface area (Å²) < 4.78 is 10.1. The lowest BCUT2D eigenvalue weighted by Gasteiger charge is -2.21. The molecule has 8 N–H and O–H groups in total. The predicted molar refractivity (Wildman–Crippen MR) is 130 cm³/mol. The lowest BCUT2D eigenvalue weighted by Crippen LogP contribution is -2.41. The molecule has 0 bridgehead atoms. The van der Waals surface area contributed by atoms with Crippen LogP contribution in [-0.2, 0) is 20.6 Å². The van der Waals surface area contributed by atoms with Crippen LogP contribution in [0.4, 0.5) is 0 Å². The highest BCUT2D eigenvalue weighted by Crippen LogP contribution is 2.31. The van der Waals surface area contributed by atoms with Crippen LogP contribution in [0.2, 0.25) is 0 Å². The van der Waals surface area contributed by atoms with Crippen LogP contribution >= 0.6 is 7.60 Å². The Bertz CT molecular complexity index is 974. The van der Waals surface area contributed by atoms with Crippen LogP contribution < -0.4 is 16.4 Å². The summed E-state index contributed by atoms with van der Waals surface area (Å²) in [6, 6.07) is 1.91. The number of rotatable bonds is 8. The summed E-state index contributed by atoms with van der Waals surface area (Å²) in [6.07, 6.45) is 1.71. The average molecular weight is 518 g/mol. The molecule has 35 heavy (non-hydrogen) atoms. The molecular formula is C21H36N5O8P. The van der Waals surface area contributed by atoms with Gasteiger partial charge in [-0.2, -0.15) is 0 Å². The van der Waals surface area contributed by atoms with Crippen molar-refractivity contribution < 1.29 is 38.9 Å². The number of nitrogens with zero attached hydrogens (tertiary/aromatic N) is 2. The molecule has 2 heterocycles. The molecule has 0 saturated carbocycles. The Morgan fingerprint density at radius 2 is 1.77 bits per heavy atom. The van der Waals surface area contributed by atoms with E-state index in [1.807, 2.05) is 34.6 Å². The summed E-state index contributed by atoms with van der Waals surface area (Å²) >= 11 is 0. The van der Waals surface area contributed by atoms with Gasteiger partial charge >= 0.3 is 19.5 Å². The fraction of sp³-hybridized carbons (Fsp3) is 0.571. The maximum atomic E-state index is 12.1. The third-order valence-electron chi connectivity index (χ3n) is 4.56. The van der Waals surface area contributed by atoms with Crippen LogP contribution in [0.1, 0.15) is 63.2 Å². The van der Waals surface area contributed by atoms with Gasteiger partial charge in [0.1, 0.15) is 11.2 Å². The Labute approximate surface area is 204 Å². The first-order chi connectivity index (χ1) is 15.9. The highest BCUT2D eigenvalue weighted by atomic mass is 31.2. The minimum atomic E-state index is -4.10. The quantitative estimate of drug-likeness (QED) is 0.238. The molecule has 0 aliphatic carbocycles. The second-order valence-corrected chi connectivity index (χ2v) is 10.1. The van der Waals surface area contributed by atoms with E-state index in [0.29, 0.717) is 12.5 Å². The molecule has 1 aliphatic rings. The Balaban J connectivity index is 0.000000690. The predicted octanol–water partition coefficient (Wildman–Crippen LogP) is 0.783. The molecule has 1 unspecified atom stereocenters. The summed E-state index contributed by atoms with van der Waals surface area (Å²) in [5.41, 5.74) is 5.31. The molecule has 1 amide bonds. The molecule has 1 aromatic rings. The molecule has 2 rings (SSSR count). The summed E-state index contributed by atoms with van der Waals surface area (Å²) in [7, 11) is -4.10. The molecule has 1 aromatic heterocycles. The summed E-state index contributed by atoms with van der Waals surface area (Å²) in [6.45, 7) is 10.9. The van der Waals surface area contributed by atoms with Gasteiger partial charge in [0.15, 0.2) is 5.84 Å². The summed E-state index contributed by atoms with van der Waals surface area (Å²) in [4.78, 5) is 58.3. The van der Waals surface area contributed by atoms with Gasteiger partial charge in [-0.05, 0) is 36.9 Å². The second-order valence-electron chi connectivity index (χ2n) is 8.50. The van der Waals surface area contributed by atoms with Gasteiger partial charge < -0.3 is 31.1 Å². The lowest BCUT2D eigenvalue weighted by atomic mass is 9.89. The van der Waals surface area contributed by atoms with E-state index in [1.54, 1.807) is 19.2 Å². The number of nitrogens with two attached hydrogens (primary N) is 1. The van der Waals surface area contributed by atoms with Gasteiger partial charge in [-0.3, -0.25) is 24.5 Å². The Morgan fingerprint density at radius 1 is 1.23 bits per heavy atom. The Hall–Kier alpha value is -2.70. The van der Waals surface area contributed by atoms with Crippen LogP contribution in [0.25, 0.3) is 0 Å². The normalized spacial score (nSPS) is 17.1. The van der Waals surface area contributed by atoms with Crippen LogP contribution in [0.3, 0.4) is 0 Å². The average Bonchev–Trinajstić information content (AvgIpc) is 3.02. The number of pyridine rings is 1. The lowest BCUT2D eigenvalue weighted by molar-refractivity contribution is -0.135. The van der Waals surface area contributed by atoms with Crippen molar-refractivity contribution in [3.05, 3.63) is 29.1 Å². The molecule has 13 nitrogen and oxygen atoms in total. The zero-order valence-electron chi connectivity index (χ0n) is 20.8. The standard InChI is InChI=1S/C15H19N3O3.C3H8NO5P.C3H9N/c1-5-9-6-10(13(19)20)11(16-7-9)12-17-14(21)15(4,18-12)8(2)3;5-3(6)1-4-2-10(7,8)9;1-3(2)4/h6-8H,5H2,1-4H3,(H,19,20)(H,17,18,21);4H,1-2H2,(H,5,6)(H2,7,8,9);3H,4H2,1-2H3. The van der Waals surface area contributed by atoms with E-state index in [1.165, 1.54) is 0 Å². The third-order valence-corrected chi connectivity index (χ3v) is 5.20. The fourth-order valence-electron chi connectivity index (χ4n) is 2.41. The van der Waals surface area contributed by atoms with Crippen molar-refractivity contribution in [3.63, 3.8) is 0 Å². The molecule has 0 aromatic carbocycles. The van der Waals surface area contributed by atoms with Gasteiger partial charge in [-0.1, -0.05) is 34.6 Å². The van der Waals surface area contributed by atoms with E-state index in [0.717, 1.165) is 5.56 Å². The number of aryl methyl sites for hydroxylation is 1. The zero-order chi connectivity index (χ0) is 27.6. The van der Waals surface area contributed by atoms with Crippen LogP contribution in [0.5, 0.6) is 0 Å². The topological polar surface area (TPSA) is 225 Å². The molecule has 0 spiro atoms. The van der Waals surface area contributed by atoms with E-state index in [2.05, 4.69) is 20.6 Å². The Morgan fingerprint density at radius 3 is 2.14 bits per heavy atom. The van der Waals surface area contributed by atoms with Crippen molar-refractivity contribution in [3.8, 4) is 0 Å². The smallest absolute Gasteiger partial charge is 0.339 e. The first-order valence-electron chi connectivity index (χ1n) is 10.8. The van der Waals surface area contributed by atoms with E-state index in [9.17, 15) is 24.1 Å². The minimum Gasteiger partial charge on any atom is -0.480 e. The van der Waals surface area contributed by atoms with E-state index >= 15 is 0 Å². The number of hydrogen-bond donors (Lipinski definition) is 7. The number of amides is 1. The van der Waals surface area contributed by atoms with E-state index in [4.69, 9.17) is 20.6 Å². The van der Waals surface area contributed by atoms with Gasteiger partial charge in [0, 0.05) is 6.20 Å². The highest BCUT2D eigenvalue weighted by molar-refractivity contribution is 7.51. The summed E-state index contributed by atoms with van der Waals surface area (Å²) in [5, 5.41) is 22.1. The number of carbonyl (C=O) groups is 3.